The molecule has 0 amide bonds. The van der Waals surface area contributed by atoms with Crippen LogP contribution in [0.25, 0.3) is 0 Å². The van der Waals surface area contributed by atoms with E-state index in [1.807, 2.05) is 30.3 Å². The molecule has 0 fully saturated rings. The molecule has 0 bridgehead atoms. The number of aliphatic hydroxyl groups is 3. The van der Waals surface area contributed by atoms with Gasteiger partial charge < -0.3 is 0 Å². The summed E-state index contributed by atoms with van der Waals surface area (Å²) in [4.78, 5) is 0. The molecule has 0 radical (unpaired) electrons. The Labute approximate surface area is 94.0 Å². The Morgan fingerprint density at radius 2 is 1.40 bits per heavy atom. The number of benzene rings is 1. The van der Waals surface area contributed by atoms with Crippen molar-refractivity contribution in [2.24, 2.45) is 0 Å². The summed E-state index contributed by atoms with van der Waals surface area (Å²) < 4.78 is 0. The summed E-state index contributed by atoms with van der Waals surface area (Å²) in [5.74, 6) is -3.29. The van der Waals surface area contributed by atoms with E-state index < -0.39 is 5.96 Å². The molecule has 1 aromatic rings. The third-order valence-electron chi connectivity index (χ3n) is 2.48. The molecule has 0 unspecified atom stereocenters. The maximum absolute atomic E-state index is 9.30. The van der Waals surface area contributed by atoms with E-state index in [4.69, 9.17) is 11.2 Å². The van der Waals surface area contributed by atoms with E-state index in [2.05, 4.69) is 0 Å². The molecular formula is C10H16ClO3P. The predicted octanol–water partition coefficient (Wildman–Crippen LogP) is 1.74. The summed E-state index contributed by atoms with van der Waals surface area (Å²) in [5, 5.41) is 27.9. The molecule has 0 heterocycles. The minimum atomic E-state index is -3.29. The van der Waals surface area contributed by atoms with Crippen molar-refractivity contribution in [1.82, 2.24) is 0 Å². The molecule has 1 aromatic carbocycles. The van der Waals surface area contributed by atoms with Crippen molar-refractivity contribution < 1.29 is 15.3 Å². The molecule has 0 aliphatic heterocycles. The third-order valence-corrected chi connectivity index (χ3v) is 7.08. The molecule has 0 aliphatic rings. The zero-order valence-electron chi connectivity index (χ0n) is 8.38. The first-order valence-corrected chi connectivity index (χ1v) is 8.53. The molecule has 0 aliphatic carbocycles. The maximum atomic E-state index is 9.30. The van der Waals surface area contributed by atoms with Crippen LogP contribution < -0.4 is 0 Å². The van der Waals surface area contributed by atoms with Crippen LogP contribution in [-0.2, 0) is 6.16 Å². The Kier molecular flexibility index (Phi) is 4.10. The molecule has 0 atom stereocenters. The van der Waals surface area contributed by atoms with Crippen molar-refractivity contribution in [3.63, 3.8) is 0 Å². The Balaban J connectivity index is 2.95. The fourth-order valence-corrected chi connectivity index (χ4v) is 3.43. The van der Waals surface area contributed by atoms with Crippen molar-refractivity contribution >= 4 is 17.2 Å². The van der Waals surface area contributed by atoms with E-state index in [0.29, 0.717) is 6.16 Å². The fourth-order valence-electron chi connectivity index (χ4n) is 1.32. The number of aliphatic hydroxyl groups excluding tert-OH is 3. The quantitative estimate of drug-likeness (QED) is 0.698. The second-order valence-corrected chi connectivity index (χ2v) is 11.6. The van der Waals surface area contributed by atoms with Crippen LogP contribution >= 0.6 is 17.2 Å². The average Bonchev–Trinajstić information content (AvgIpc) is 2.31. The molecule has 1 rings (SSSR count). The van der Waals surface area contributed by atoms with Gasteiger partial charge in [-0.05, 0) is 0 Å². The van der Waals surface area contributed by atoms with Gasteiger partial charge in [0.2, 0.25) is 0 Å². The fraction of sp³-hybridized carbons (Fsp3) is 0.400. The van der Waals surface area contributed by atoms with Crippen LogP contribution in [0.3, 0.4) is 0 Å². The van der Waals surface area contributed by atoms with Crippen LogP contribution in [0, 0.1) is 0 Å². The standard InChI is InChI=1S/C10H16ClO3P/c11-15(7-12,8-13,9-14)6-10-4-2-1-3-5-10/h1-5,12-14H,6-9H2. The van der Waals surface area contributed by atoms with Gasteiger partial charge in [0.25, 0.3) is 0 Å². The van der Waals surface area contributed by atoms with Gasteiger partial charge in [-0.1, -0.05) is 0 Å². The molecule has 0 saturated carbocycles. The number of hydrogen-bond acceptors (Lipinski definition) is 3. The van der Waals surface area contributed by atoms with Crippen molar-refractivity contribution in [2.45, 2.75) is 6.16 Å². The summed E-state index contributed by atoms with van der Waals surface area (Å²) in [7, 11) is 0. The van der Waals surface area contributed by atoms with Gasteiger partial charge in [0.05, 0.1) is 0 Å². The van der Waals surface area contributed by atoms with E-state index in [9.17, 15) is 15.3 Å². The Bertz CT molecular complexity index is 303. The van der Waals surface area contributed by atoms with Gasteiger partial charge in [0, 0.05) is 0 Å². The molecule has 3 N–H and O–H groups in total. The van der Waals surface area contributed by atoms with Gasteiger partial charge in [0.1, 0.15) is 0 Å². The zero-order valence-corrected chi connectivity index (χ0v) is 10.0. The first-order chi connectivity index (χ1) is 7.06. The van der Waals surface area contributed by atoms with E-state index >= 15 is 0 Å². The summed E-state index contributed by atoms with van der Waals surface area (Å²) in [5.41, 5.74) is 0.919. The SMILES string of the molecule is OCP(Cl)(CO)(CO)Cc1ccccc1. The first kappa shape index (κ1) is 12.9. The van der Waals surface area contributed by atoms with E-state index in [1.165, 1.54) is 0 Å². The molecule has 3 nitrogen and oxygen atoms in total. The van der Waals surface area contributed by atoms with Crippen molar-refractivity contribution in [3.05, 3.63) is 35.9 Å². The van der Waals surface area contributed by atoms with Gasteiger partial charge in [-0.25, -0.2) is 0 Å². The number of hydrogen-bond donors (Lipinski definition) is 3. The van der Waals surface area contributed by atoms with Gasteiger partial charge in [-0.2, -0.15) is 0 Å². The Hall–Kier alpha value is -0.180. The number of rotatable bonds is 5. The van der Waals surface area contributed by atoms with Crippen LogP contribution in [0.1, 0.15) is 5.56 Å². The summed E-state index contributed by atoms with van der Waals surface area (Å²) in [6.45, 7) is 0. The van der Waals surface area contributed by atoms with Crippen molar-refractivity contribution in [2.75, 3.05) is 19.0 Å². The molecular weight excluding hydrogens is 235 g/mol. The molecule has 0 saturated heterocycles. The molecule has 0 aromatic heterocycles. The average molecular weight is 251 g/mol. The number of halogens is 1. The van der Waals surface area contributed by atoms with Gasteiger partial charge in [-0.15, -0.1) is 0 Å². The Morgan fingerprint density at radius 3 is 1.80 bits per heavy atom. The summed E-state index contributed by atoms with van der Waals surface area (Å²) in [6.07, 6.45) is -0.712. The van der Waals surface area contributed by atoms with E-state index in [-0.39, 0.29) is 19.0 Å². The van der Waals surface area contributed by atoms with Crippen LogP contribution in [0.4, 0.5) is 0 Å². The third kappa shape index (κ3) is 2.90. The van der Waals surface area contributed by atoms with Crippen molar-refractivity contribution in [1.29, 1.82) is 0 Å². The predicted molar refractivity (Wildman–Crippen MR) is 64.2 cm³/mol. The first-order valence-electron chi connectivity index (χ1n) is 4.65. The van der Waals surface area contributed by atoms with Crippen LogP contribution in [-0.4, -0.2) is 34.4 Å². The Morgan fingerprint density at radius 1 is 0.933 bits per heavy atom. The topological polar surface area (TPSA) is 60.7 Å². The van der Waals surface area contributed by atoms with E-state index in [0.717, 1.165) is 5.56 Å². The monoisotopic (exact) mass is 250 g/mol. The minimum absolute atomic E-state index is 0.345. The van der Waals surface area contributed by atoms with Gasteiger partial charge >= 0.3 is 93.6 Å². The zero-order chi connectivity index (χ0) is 11.4. The summed E-state index contributed by atoms with van der Waals surface area (Å²) in [6, 6.07) is 9.33. The molecule has 15 heavy (non-hydrogen) atoms. The molecule has 0 spiro atoms. The second kappa shape index (κ2) is 4.77. The van der Waals surface area contributed by atoms with Crippen LogP contribution in [0.5, 0.6) is 0 Å². The van der Waals surface area contributed by atoms with Crippen LogP contribution in [0.2, 0.25) is 0 Å². The normalized spacial score (nSPS) is 14.5. The van der Waals surface area contributed by atoms with Crippen molar-refractivity contribution in [3.8, 4) is 0 Å². The molecule has 86 valence electrons. The van der Waals surface area contributed by atoms with Crippen LogP contribution in [0.15, 0.2) is 30.3 Å². The second-order valence-electron chi connectivity index (χ2n) is 3.89. The van der Waals surface area contributed by atoms with E-state index in [1.54, 1.807) is 0 Å². The van der Waals surface area contributed by atoms with Gasteiger partial charge in [0.15, 0.2) is 0 Å². The van der Waals surface area contributed by atoms with Gasteiger partial charge in [-0.3, -0.25) is 0 Å². The molecule has 5 heteroatoms. The summed E-state index contributed by atoms with van der Waals surface area (Å²) >= 11 is 6.27.